The van der Waals surface area contributed by atoms with Gasteiger partial charge in [-0.05, 0) is 77.1 Å². The minimum absolute atomic E-state index is 0.329. The molecule has 0 spiro atoms. The van der Waals surface area contributed by atoms with Gasteiger partial charge in [-0.3, -0.25) is 4.79 Å². The molecule has 5 aliphatic carbocycles. The first kappa shape index (κ1) is 14.9. The molecule has 3 aromatic carbocycles. The smallest absolute Gasteiger partial charge is 0.163 e. The number of fused-ring (bicyclic) bond motifs is 1. The molecule has 8 rings (SSSR count). The lowest BCUT2D eigenvalue weighted by Gasteiger charge is -2.21. The van der Waals surface area contributed by atoms with Crippen molar-refractivity contribution in [2.24, 2.45) is 0 Å². The van der Waals surface area contributed by atoms with Crippen molar-refractivity contribution in [1.29, 1.82) is 0 Å². The standard InChI is InChI=1S/C24H22O/c25-23-3-1-2-22-21(23)15-14-20-18-10-8-16-4-6-17(7-5-16)9-11-19(13-12-18)24(20)22/h4-7,12-15H,1-3,8-11H2. The molecule has 0 saturated heterocycles. The average Bonchev–Trinajstić information content (AvgIpc) is 2.64. The summed E-state index contributed by atoms with van der Waals surface area (Å²) in [5.74, 6) is 0.329. The molecular formula is C24H22O. The van der Waals surface area contributed by atoms with Crippen LogP contribution < -0.4 is 0 Å². The Labute approximate surface area is 148 Å². The zero-order valence-corrected chi connectivity index (χ0v) is 14.5. The molecule has 0 aliphatic heterocycles. The van der Waals surface area contributed by atoms with Crippen molar-refractivity contribution in [3.63, 3.8) is 0 Å². The van der Waals surface area contributed by atoms with E-state index < -0.39 is 0 Å². The zero-order valence-electron chi connectivity index (χ0n) is 14.5. The first-order valence-corrected chi connectivity index (χ1v) is 9.47. The van der Waals surface area contributed by atoms with Gasteiger partial charge in [-0.2, -0.15) is 0 Å². The van der Waals surface area contributed by atoms with Crippen LogP contribution in [0, 0.1) is 0 Å². The Kier molecular flexibility index (Phi) is 3.48. The van der Waals surface area contributed by atoms with E-state index in [2.05, 4.69) is 48.5 Å². The summed E-state index contributed by atoms with van der Waals surface area (Å²) < 4.78 is 0. The first-order chi connectivity index (χ1) is 12.3. The van der Waals surface area contributed by atoms with E-state index >= 15 is 0 Å². The molecule has 0 fully saturated rings. The maximum Gasteiger partial charge on any atom is 0.163 e. The largest absolute Gasteiger partial charge is 0.294 e. The second-order valence-electron chi connectivity index (χ2n) is 7.49. The fourth-order valence-corrected chi connectivity index (χ4v) is 4.59. The minimum Gasteiger partial charge on any atom is -0.294 e. The summed E-state index contributed by atoms with van der Waals surface area (Å²) in [4.78, 5) is 12.4. The van der Waals surface area contributed by atoms with Crippen LogP contribution in [-0.4, -0.2) is 5.78 Å². The van der Waals surface area contributed by atoms with Crippen molar-refractivity contribution in [1.82, 2.24) is 0 Å². The topological polar surface area (TPSA) is 17.1 Å². The molecule has 0 heterocycles. The number of carbonyl (C=O) groups excluding carboxylic acids is 1. The van der Waals surface area contributed by atoms with Gasteiger partial charge >= 0.3 is 0 Å². The van der Waals surface area contributed by atoms with Crippen LogP contribution in [0.15, 0.2) is 48.5 Å². The molecule has 0 atom stereocenters. The number of benzene rings is 3. The third-order valence-electron chi connectivity index (χ3n) is 5.99. The predicted molar refractivity (Wildman–Crippen MR) is 102 cm³/mol. The van der Waals surface area contributed by atoms with Crippen LogP contribution >= 0.6 is 0 Å². The van der Waals surface area contributed by atoms with E-state index in [0.29, 0.717) is 12.2 Å². The predicted octanol–water partition coefficient (Wildman–Crippen LogP) is 5.24. The highest BCUT2D eigenvalue weighted by molar-refractivity contribution is 6.05. The molecule has 0 unspecified atom stereocenters. The lowest BCUT2D eigenvalue weighted by molar-refractivity contribution is 0.0973. The molecule has 124 valence electrons. The maximum atomic E-state index is 12.4. The van der Waals surface area contributed by atoms with Crippen molar-refractivity contribution in [2.75, 3.05) is 0 Å². The van der Waals surface area contributed by atoms with Gasteiger partial charge in [0.15, 0.2) is 5.78 Å². The number of rotatable bonds is 0. The zero-order chi connectivity index (χ0) is 16.8. The van der Waals surface area contributed by atoms with Crippen LogP contribution in [0.25, 0.3) is 10.8 Å². The lowest BCUT2D eigenvalue weighted by atomic mass is 9.82. The quantitative estimate of drug-likeness (QED) is 0.552. The van der Waals surface area contributed by atoms with Gasteiger partial charge < -0.3 is 0 Å². The van der Waals surface area contributed by atoms with Gasteiger partial charge in [0.2, 0.25) is 0 Å². The van der Waals surface area contributed by atoms with Crippen LogP contribution in [0.1, 0.15) is 51.0 Å². The summed E-state index contributed by atoms with van der Waals surface area (Å²) >= 11 is 0. The Morgan fingerprint density at radius 1 is 0.600 bits per heavy atom. The minimum atomic E-state index is 0.329. The Hall–Kier alpha value is -2.41. The lowest BCUT2D eigenvalue weighted by Crippen LogP contribution is -2.12. The molecule has 25 heavy (non-hydrogen) atoms. The number of ketones is 1. The number of carbonyl (C=O) groups is 1. The normalized spacial score (nSPS) is 16.6. The molecule has 3 aromatic rings. The fourth-order valence-electron chi connectivity index (χ4n) is 4.59. The van der Waals surface area contributed by atoms with Crippen molar-refractivity contribution >= 4 is 16.6 Å². The molecule has 0 amide bonds. The van der Waals surface area contributed by atoms with E-state index in [-0.39, 0.29) is 0 Å². The van der Waals surface area contributed by atoms with Gasteiger partial charge in [0.25, 0.3) is 0 Å². The van der Waals surface area contributed by atoms with Crippen molar-refractivity contribution in [3.05, 3.63) is 81.9 Å². The van der Waals surface area contributed by atoms with Crippen LogP contribution in [0.2, 0.25) is 0 Å². The van der Waals surface area contributed by atoms with Gasteiger partial charge in [-0.1, -0.05) is 48.5 Å². The van der Waals surface area contributed by atoms with E-state index in [1.54, 1.807) is 0 Å². The highest BCUT2D eigenvalue weighted by Gasteiger charge is 2.21. The summed E-state index contributed by atoms with van der Waals surface area (Å²) in [6.07, 6.45) is 6.98. The number of hydrogen-bond acceptors (Lipinski definition) is 1. The van der Waals surface area contributed by atoms with Crippen LogP contribution in [0.5, 0.6) is 0 Å². The van der Waals surface area contributed by atoms with Gasteiger partial charge in [0.05, 0.1) is 0 Å². The summed E-state index contributed by atoms with van der Waals surface area (Å²) in [5.41, 5.74) is 7.94. The van der Waals surface area contributed by atoms with Gasteiger partial charge in [-0.25, -0.2) is 0 Å². The molecule has 1 heteroatoms. The summed E-state index contributed by atoms with van der Waals surface area (Å²) in [6, 6.07) is 18.1. The monoisotopic (exact) mass is 326 g/mol. The number of aryl methyl sites for hydroxylation is 5. The highest BCUT2D eigenvalue weighted by atomic mass is 16.1. The van der Waals surface area contributed by atoms with Gasteiger partial charge in [-0.15, -0.1) is 0 Å². The van der Waals surface area contributed by atoms with Crippen LogP contribution in [0.4, 0.5) is 0 Å². The van der Waals surface area contributed by atoms with Crippen molar-refractivity contribution in [3.8, 4) is 0 Å². The average molecular weight is 326 g/mol. The molecule has 1 nitrogen and oxygen atoms in total. The number of Topliss-reactive ketones (excluding diaryl/α,β-unsaturated/α-hetero) is 1. The van der Waals surface area contributed by atoms with E-state index in [1.807, 2.05) is 0 Å². The van der Waals surface area contributed by atoms with E-state index in [0.717, 1.165) is 44.1 Å². The summed E-state index contributed by atoms with van der Waals surface area (Å²) in [5, 5.41) is 2.76. The Bertz CT molecular complexity index is 979. The van der Waals surface area contributed by atoms with Crippen molar-refractivity contribution in [2.45, 2.75) is 44.9 Å². The van der Waals surface area contributed by atoms with E-state index in [9.17, 15) is 4.79 Å². The summed E-state index contributed by atoms with van der Waals surface area (Å²) in [6.45, 7) is 0. The molecule has 4 bridgehead atoms. The van der Waals surface area contributed by atoms with Gasteiger partial charge in [0.1, 0.15) is 0 Å². The highest BCUT2D eigenvalue weighted by Crippen LogP contribution is 2.34. The SMILES string of the molecule is O=C1CCCc2c1ccc1c3ccc(c21)CCc1ccc(cc1)CC3. The first-order valence-electron chi connectivity index (χ1n) is 9.47. The Morgan fingerprint density at radius 3 is 2.04 bits per heavy atom. The van der Waals surface area contributed by atoms with E-state index in [4.69, 9.17) is 0 Å². The fraction of sp³-hybridized carbons (Fsp3) is 0.292. The molecular weight excluding hydrogens is 304 g/mol. The molecule has 0 radical (unpaired) electrons. The second kappa shape index (κ2) is 5.84. The summed E-state index contributed by atoms with van der Waals surface area (Å²) in [7, 11) is 0. The Balaban J connectivity index is 1.75. The number of hydrogen-bond donors (Lipinski definition) is 0. The third kappa shape index (κ3) is 2.50. The van der Waals surface area contributed by atoms with Crippen LogP contribution in [0.3, 0.4) is 0 Å². The van der Waals surface area contributed by atoms with Gasteiger partial charge in [0, 0.05) is 12.0 Å². The molecule has 0 saturated carbocycles. The third-order valence-corrected chi connectivity index (χ3v) is 5.99. The molecule has 0 N–H and O–H groups in total. The maximum absolute atomic E-state index is 12.4. The van der Waals surface area contributed by atoms with E-state index in [1.165, 1.54) is 38.6 Å². The second-order valence-corrected chi connectivity index (χ2v) is 7.49. The van der Waals surface area contributed by atoms with Crippen molar-refractivity contribution < 1.29 is 4.79 Å². The van der Waals surface area contributed by atoms with Crippen LogP contribution in [-0.2, 0) is 32.1 Å². The molecule has 0 aromatic heterocycles. The Morgan fingerprint density at radius 2 is 1.28 bits per heavy atom. The molecule has 5 aliphatic rings.